The average molecular weight is 564 g/mol. The van der Waals surface area contributed by atoms with Crippen LogP contribution in [0.4, 0.5) is 29.2 Å². The Morgan fingerprint density at radius 1 is 0.805 bits per heavy atom. The molecule has 2 aromatic carbocycles. The topological polar surface area (TPSA) is 231 Å². The molecule has 2 fully saturated rings. The third kappa shape index (κ3) is 6.74. The van der Waals surface area contributed by atoms with E-state index in [-0.39, 0.29) is 52.9 Å². The molecule has 1 amide bonds. The summed E-state index contributed by atoms with van der Waals surface area (Å²) in [5.74, 6) is 0.189. The number of hydrogen-bond donors (Lipinski definition) is 8. The van der Waals surface area contributed by atoms with E-state index in [9.17, 15) is 15.0 Å². The lowest BCUT2D eigenvalue weighted by Crippen LogP contribution is -2.54. The van der Waals surface area contributed by atoms with Crippen LogP contribution < -0.4 is 43.4 Å². The zero-order valence-electron chi connectivity index (χ0n) is 22.9. The van der Waals surface area contributed by atoms with Gasteiger partial charge in [0.25, 0.3) is 5.91 Å². The van der Waals surface area contributed by atoms with E-state index in [2.05, 4.69) is 20.6 Å². The molecule has 0 bridgehead atoms. The average Bonchev–Trinajstić information content (AvgIpc) is 2.89. The van der Waals surface area contributed by atoms with Gasteiger partial charge in [0, 0.05) is 62.1 Å². The number of nitrogens with two attached hydrogens (primary N) is 4. The first kappa shape index (κ1) is 28.3. The van der Waals surface area contributed by atoms with Crippen molar-refractivity contribution in [1.29, 1.82) is 0 Å². The molecule has 0 radical (unpaired) electrons. The van der Waals surface area contributed by atoms with Gasteiger partial charge in [-0.2, -0.15) is 15.0 Å². The smallest absolute Gasteiger partial charge is 0.259 e. The predicted octanol–water partition coefficient (Wildman–Crippen LogP) is 0.317. The van der Waals surface area contributed by atoms with Gasteiger partial charge in [-0.25, -0.2) is 0 Å². The van der Waals surface area contributed by atoms with Crippen molar-refractivity contribution in [2.24, 2.45) is 22.9 Å². The zero-order valence-corrected chi connectivity index (χ0v) is 22.9. The molecular formula is C27H37N11O3. The van der Waals surface area contributed by atoms with E-state index in [0.717, 1.165) is 5.56 Å². The van der Waals surface area contributed by atoms with E-state index >= 15 is 0 Å². The SMILES string of the molecule is Cc1ccc(C(=O)Nc2ccc(Nc3nc(N4C[C@H](N)C[C@H](N)C4)nc(N4C[C@H](N)C[C@H](N)C4)n3)cc2O)c(O)c1. The summed E-state index contributed by atoms with van der Waals surface area (Å²) in [5.41, 5.74) is 26.5. The number of aromatic hydroxyl groups is 2. The standard InChI is InChI=1S/C27H37N11O3/c1-14-2-4-20(22(39)6-14)24(41)33-21-5-3-19(9-23(21)40)32-25-34-26(37-10-15(28)7-16(29)11-37)36-27(35-25)38-12-17(30)8-18(31)13-38/h2-6,9,15-18,39-40H,7-8,10-13,28-31H2,1H3,(H,33,41)(H,32,34,35,36)/t15-,16+,17-,18+. The lowest BCUT2D eigenvalue weighted by molar-refractivity contribution is 0.102. The molecule has 14 heteroatoms. The van der Waals surface area contributed by atoms with Gasteiger partial charge in [0.1, 0.15) is 11.5 Å². The normalized spacial score (nSPS) is 22.9. The van der Waals surface area contributed by atoms with Crippen molar-refractivity contribution in [2.75, 3.05) is 46.6 Å². The fraction of sp³-hybridized carbons (Fsp3) is 0.407. The van der Waals surface area contributed by atoms with Crippen LogP contribution in [-0.4, -0.2) is 81.4 Å². The first-order chi connectivity index (χ1) is 19.5. The third-order valence-electron chi connectivity index (χ3n) is 7.11. The summed E-state index contributed by atoms with van der Waals surface area (Å²) in [4.78, 5) is 30.5. The summed E-state index contributed by atoms with van der Waals surface area (Å²) < 4.78 is 0. The van der Waals surface area contributed by atoms with Crippen LogP contribution in [0.1, 0.15) is 28.8 Å². The summed E-state index contributed by atoms with van der Waals surface area (Å²) in [6.07, 6.45) is 1.42. The predicted molar refractivity (Wildman–Crippen MR) is 158 cm³/mol. The monoisotopic (exact) mass is 563 g/mol. The number of benzene rings is 2. The number of nitrogens with one attached hydrogen (secondary N) is 2. The number of phenols is 2. The van der Waals surface area contributed by atoms with Crippen LogP contribution in [0.15, 0.2) is 36.4 Å². The maximum Gasteiger partial charge on any atom is 0.259 e. The van der Waals surface area contributed by atoms with Crippen molar-refractivity contribution >= 4 is 35.1 Å². The molecule has 14 nitrogen and oxygen atoms in total. The lowest BCUT2D eigenvalue weighted by atomic mass is 10.0. The van der Waals surface area contributed by atoms with E-state index in [1.807, 2.05) is 16.7 Å². The highest BCUT2D eigenvalue weighted by atomic mass is 16.3. The minimum Gasteiger partial charge on any atom is -0.507 e. The Labute approximate surface area is 237 Å². The van der Waals surface area contributed by atoms with Crippen LogP contribution in [-0.2, 0) is 0 Å². The van der Waals surface area contributed by atoms with E-state index in [0.29, 0.717) is 56.6 Å². The fourth-order valence-electron chi connectivity index (χ4n) is 5.24. The second-order valence-electron chi connectivity index (χ2n) is 10.9. The van der Waals surface area contributed by atoms with Crippen molar-refractivity contribution in [3.63, 3.8) is 0 Å². The Balaban J connectivity index is 1.39. The lowest BCUT2D eigenvalue weighted by Gasteiger charge is -2.37. The van der Waals surface area contributed by atoms with Gasteiger partial charge in [0.05, 0.1) is 11.3 Å². The summed E-state index contributed by atoms with van der Waals surface area (Å²) >= 11 is 0. The first-order valence-electron chi connectivity index (χ1n) is 13.5. The molecule has 3 aromatic rings. The largest absolute Gasteiger partial charge is 0.507 e. The number of hydrogen-bond acceptors (Lipinski definition) is 13. The third-order valence-corrected chi connectivity index (χ3v) is 7.11. The summed E-state index contributed by atoms with van der Waals surface area (Å²) in [5, 5.41) is 26.5. The summed E-state index contributed by atoms with van der Waals surface area (Å²) in [6, 6.07) is 8.90. The molecule has 12 N–H and O–H groups in total. The number of aromatic nitrogens is 3. The summed E-state index contributed by atoms with van der Waals surface area (Å²) in [6.45, 7) is 3.98. The Hall–Kier alpha value is -4.24. The number of nitrogens with zero attached hydrogens (tertiary/aromatic N) is 5. The molecule has 2 saturated heterocycles. The molecule has 4 atom stereocenters. The zero-order chi connectivity index (χ0) is 29.3. The van der Waals surface area contributed by atoms with Crippen molar-refractivity contribution in [3.8, 4) is 11.5 Å². The van der Waals surface area contributed by atoms with Gasteiger partial charge < -0.3 is 53.6 Å². The molecular weight excluding hydrogens is 526 g/mol. The Morgan fingerprint density at radius 2 is 1.37 bits per heavy atom. The highest BCUT2D eigenvalue weighted by Gasteiger charge is 2.29. The minimum atomic E-state index is -0.554. The van der Waals surface area contributed by atoms with Crippen LogP contribution in [0.2, 0.25) is 0 Å². The molecule has 0 spiro atoms. The van der Waals surface area contributed by atoms with Gasteiger partial charge in [-0.15, -0.1) is 0 Å². The molecule has 2 aliphatic heterocycles. The molecule has 3 heterocycles. The molecule has 1 aromatic heterocycles. The summed E-state index contributed by atoms with van der Waals surface area (Å²) in [7, 11) is 0. The molecule has 0 aliphatic carbocycles. The molecule has 0 saturated carbocycles. The molecule has 2 aliphatic rings. The second kappa shape index (κ2) is 11.7. The number of carbonyl (C=O) groups excluding carboxylic acids is 1. The van der Waals surface area contributed by atoms with Crippen molar-refractivity contribution < 1.29 is 15.0 Å². The number of piperidine rings is 2. The van der Waals surface area contributed by atoms with E-state index in [4.69, 9.17) is 27.9 Å². The van der Waals surface area contributed by atoms with Crippen LogP contribution in [0.25, 0.3) is 0 Å². The van der Waals surface area contributed by atoms with E-state index in [1.54, 1.807) is 12.1 Å². The molecule has 5 rings (SSSR count). The van der Waals surface area contributed by atoms with Gasteiger partial charge in [-0.3, -0.25) is 4.79 Å². The highest BCUT2D eigenvalue weighted by Crippen LogP contribution is 2.30. The van der Waals surface area contributed by atoms with Gasteiger partial charge in [-0.05, 0) is 49.6 Å². The van der Waals surface area contributed by atoms with Crippen LogP contribution in [0.5, 0.6) is 11.5 Å². The maximum absolute atomic E-state index is 12.7. The van der Waals surface area contributed by atoms with Gasteiger partial charge in [0.15, 0.2) is 0 Å². The first-order valence-corrected chi connectivity index (χ1v) is 13.5. The van der Waals surface area contributed by atoms with Crippen LogP contribution >= 0.6 is 0 Å². The van der Waals surface area contributed by atoms with Crippen molar-refractivity contribution in [3.05, 3.63) is 47.5 Å². The van der Waals surface area contributed by atoms with E-state index in [1.165, 1.54) is 24.3 Å². The van der Waals surface area contributed by atoms with Crippen LogP contribution in [0.3, 0.4) is 0 Å². The quantitative estimate of drug-likeness (QED) is 0.189. The minimum absolute atomic E-state index is 0.0942. The van der Waals surface area contributed by atoms with Crippen LogP contribution in [0, 0.1) is 6.92 Å². The Morgan fingerprint density at radius 3 is 1.88 bits per heavy atom. The second-order valence-corrected chi connectivity index (χ2v) is 10.9. The van der Waals surface area contributed by atoms with Crippen molar-refractivity contribution in [2.45, 2.75) is 43.9 Å². The molecule has 0 unspecified atom stereocenters. The van der Waals surface area contributed by atoms with Gasteiger partial charge in [-0.1, -0.05) is 6.07 Å². The van der Waals surface area contributed by atoms with E-state index < -0.39 is 5.91 Å². The molecule has 218 valence electrons. The van der Waals surface area contributed by atoms with Gasteiger partial charge >= 0.3 is 0 Å². The number of rotatable bonds is 6. The number of phenolic OH excluding ortho intramolecular Hbond substituents is 2. The highest BCUT2D eigenvalue weighted by molar-refractivity contribution is 6.07. The number of carbonyl (C=O) groups is 1. The molecule has 41 heavy (non-hydrogen) atoms. The Kier molecular flexibility index (Phi) is 8.08. The maximum atomic E-state index is 12.7. The number of aryl methyl sites for hydroxylation is 1. The number of amides is 1. The van der Waals surface area contributed by atoms with Crippen molar-refractivity contribution in [1.82, 2.24) is 15.0 Å². The van der Waals surface area contributed by atoms with Gasteiger partial charge in [0.2, 0.25) is 17.8 Å². The Bertz CT molecular complexity index is 1360. The number of anilines is 5. The fourth-order valence-corrected chi connectivity index (χ4v) is 5.24.